The Morgan fingerprint density at radius 1 is 1.15 bits per heavy atom. The van der Waals surface area contributed by atoms with Gasteiger partial charge in [0, 0.05) is 6.92 Å². The lowest BCUT2D eigenvalue weighted by atomic mass is 10.2. The van der Waals surface area contributed by atoms with Crippen LogP contribution >= 0.6 is 0 Å². The molecule has 0 rings (SSSR count). The zero-order valence-corrected chi connectivity index (χ0v) is 8.45. The summed E-state index contributed by atoms with van der Waals surface area (Å²) in [6.07, 6.45) is 11.4. The average Bonchev–Trinajstić information content (AvgIpc) is 2.09. The first-order valence-corrected chi connectivity index (χ1v) is 4.70. The predicted molar refractivity (Wildman–Crippen MR) is 54.4 cm³/mol. The van der Waals surface area contributed by atoms with Gasteiger partial charge in [-0.15, -0.1) is 0 Å². The SMILES string of the molecule is CC/C=C\CC/C=C\COC(C)=O. The molecule has 74 valence electrons. The predicted octanol–water partition coefficient (Wildman–Crippen LogP) is 2.85. The molecule has 0 saturated carbocycles. The molecular weight excluding hydrogens is 164 g/mol. The Morgan fingerprint density at radius 2 is 1.77 bits per heavy atom. The van der Waals surface area contributed by atoms with E-state index >= 15 is 0 Å². The summed E-state index contributed by atoms with van der Waals surface area (Å²) in [4.78, 5) is 10.4. The summed E-state index contributed by atoms with van der Waals surface area (Å²) in [5.74, 6) is -0.226. The monoisotopic (exact) mass is 182 g/mol. The average molecular weight is 182 g/mol. The molecule has 0 amide bonds. The van der Waals surface area contributed by atoms with Gasteiger partial charge in [0.25, 0.3) is 0 Å². The molecule has 0 spiro atoms. The van der Waals surface area contributed by atoms with Gasteiger partial charge in [0.15, 0.2) is 0 Å². The molecule has 0 bridgehead atoms. The van der Waals surface area contributed by atoms with Crippen LogP contribution in [-0.2, 0) is 9.53 Å². The largest absolute Gasteiger partial charge is 0.462 e. The van der Waals surface area contributed by atoms with Crippen LogP contribution in [0, 0.1) is 0 Å². The molecule has 0 N–H and O–H groups in total. The van der Waals surface area contributed by atoms with Gasteiger partial charge in [0.05, 0.1) is 0 Å². The van der Waals surface area contributed by atoms with E-state index in [1.165, 1.54) is 6.92 Å². The highest BCUT2D eigenvalue weighted by molar-refractivity contribution is 5.65. The molecule has 0 aromatic heterocycles. The number of ether oxygens (including phenoxy) is 1. The van der Waals surface area contributed by atoms with E-state index in [4.69, 9.17) is 4.74 Å². The van der Waals surface area contributed by atoms with Crippen molar-refractivity contribution in [3.05, 3.63) is 24.3 Å². The van der Waals surface area contributed by atoms with E-state index < -0.39 is 0 Å². The van der Waals surface area contributed by atoms with E-state index in [0.29, 0.717) is 6.61 Å². The summed E-state index contributed by atoms with van der Waals surface area (Å²) in [6.45, 7) is 3.93. The third kappa shape index (κ3) is 10.9. The van der Waals surface area contributed by atoms with Crippen molar-refractivity contribution < 1.29 is 9.53 Å². The molecule has 0 saturated heterocycles. The third-order valence-corrected chi connectivity index (χ3v) is 1.45. The van der Waals surface area contributed by atoms with Crippen molar-refractivity contribution in [3.8, 4) is 0 Å². The number of hydrogen-bond donors (Lipinski definition) is 0. The summed E-state index contributed by atoms with van der Waals surface area (Å²) in [6, 6.07) is 0. The van der Waals surface area contributed by atoms with E-state index in [1.54, 1.807) is 0 Å². The molecule has 0 fully saturated rings. The van der Waals surface area contributed by atoms with Crippen molar-refractivity contribution in [1.29, 1.82) is 0 Å². The van der Waals surface area contributed by atoms with Gasteiger partial charge >= 0.3 is 5.97 Å². The standard InChI is InChI=1S/C11H18O2/c1-3-4-5-6-7-8-9-10-13-11(2)12/h4-5,8-9H,3,6-7,10H2,1-2H3/b5-4-,9-8-. The van der Waals surface area contributed by atoms with Crippen molar-refractivity contribution in [3.63, 3.8) is 0 Å². The molecular formula is C11H18O2. The lowest BCUT2D eigenvalue weighted by Gasteiger charge is -1.93. The molecule has 0 aromatic rings. The van der Waals surface area contributed by atoms with E-state index in [0.717, 1.165) is 19.3 Å². The first-order valence-electron chi connectivity index (χ1n) is 4.70. The van der Waals surface area contributed by atoms with Crippen LogP contribution in [0.1, 0.15) is 33.1 Å². The smallest absolute Gasteiger partial charge is 0.302 e. The molecule has 0 unspecified atom stereocenters. The van der Waals surface area contributed by atoms with Crippen LogP contribution in [0.15, 0.2) is 24.3 Å². The second-order valence-electron chi connectivity index (χ2n) is 2.73. The van der Waals surface area contributed by atoms with Gasteiger partial charge in [-0.25, -0.2) is 0 Å². The lowest BCUT2D eigenvalue weighted by Crippen LogP contribution is -1.97. The fraction of sp³-hybridized carbons (Fsp3) is 0.545. The van der Waals surface area contributed by atoms with Crippen LogP contribution in [0.3, 0.4) is 0 Å². The van der Waals surface area contributed by atoms with Gasteiger partial charge in [0.2, 0.25) is 0 Å². The number of esters is 1. The van der Waals surface area contributed by atoms with Crippen molar-refractivity contribution in [2.24, 2.45) is 0 Å². The zero-order chi connectivity index (χ0) is 9.94. The zero-order valence-electron chi connectivity index (χ0n) is 8.45. The Bertz CT molecular complexity index is 181. The van der Waals surface area contributed by atoms with E-state index in [1.807, 2.05) is 12.2 Å². The maximum absolute atomic E-state index is 10.4. The van der Waals surface area contributed by atoms with Gasteiger partial charge in [-0.1, -0.05) is 31.2 Å². The Morgan fingerprint density at radius 3 is 2.31 bits per heavy atom. The van der Waals surface area contributed by atoms with Crippen LogP contribution < -0.4 is 0 Å². The molecule has 0 radical (unpaired) electrons. The molecule has 0 aromatic carbocycles. The van der Waals surface area contributed by atoms with Crippen molar-refractivity contribution in [1.82, 2.24) is 0 Å². The van der Waals surface area contributed by atoms with Crippen LogP contribution in [0.4, 0.5) is 0 Å². The van der Waals surface area contributed by atoms with Gasteiger partial charge in [-0.05, 0) is 19.3 Å². The van der Waals surface area contributed by atoms with Crippen LogP contribution in [-0.4, -0.2) is 12.6 Å². The summed E-state index contributed by atoms with van der Waals surface area (Å²) < 4.78 is 4.73. The molecule has 0 aliphatic rings. The van der Waals surface area contributed by atoms with E-state index in [2.05, 4.69) is 19.1 Å². The Labute approximate surface area is 80.3 Å². The van der Waals surface area contributed by atoms with Crippen LogP contribution in [0.25, 0.3) is 0 Å². The number of rotatable bonds is 6. The third-order valence-electron chi connectivity index (χ3n) is 1.45. The minimum atomic E-state index is -0.226. The summed E-state index contributed by atoms with van der Waals surface area (Å²) in [5, 5.41) is 0. The second kappa shape index (κ2) is 9.04. The van der Waals surface area contributed by atoms with Gasteiger partial charge in [-0.2, -0.15) is 0 Å². The number of allylic oxidation sites excluding steroid dienone is 3. The lowest BCUT2D eigenvalue weighted by molar-refractivity contribution is -0.139. The van der Waals surface area contributed by atoms with Crippen LogP contribution in [0.2, 0.25) is 0 Å². The second-order valence-corrected chi connectivity index (χ2v) is 2.73. The molecule has 2 nitrogen and oxygen atoms in total. The van der Waals surface area contributed by atoms with Crippen LogP contribution in [0.5, 0.6) is 0 Å². The number of carbonyl (C=O) groups excluding carboxylic acids is 1. The van der Waals surface area contributed by atoms with Gasteiger partial charge in [-0.3, -0.25) is 4.79 Å². The highest BCUT2D eigenvalue weighted by atomic mass is 16.5. The Kier molecular flexibility index (Phi) is 8.31. The molecule has 0 aliphatic carbocycles. The molecule has 13 heavy (non-hydrogen) atoms. The number of carbonyl (C=O) groups is 1. The molecule has 0 atom stereocenters. The topological polar surface area (TPSA) is 26.3 Å². The minimum Gasteiger partial charge on any atom is -0.462 e. The summed E-state index contributed by atoms with van der Waals surface area (Å²) in [7, 11) is 0. The molecule has 0 aliphatic heterocycles. The first kappa shape index (κ1) is 11.9. The maximum Gasteiger partial charge on any atom is 0.302 e. The van der Waals surface area contributed by atoms with Gasteiger partial charge in [0.1, 0.15) is 6.61 Å². The van der Waals surface area contributed by atoms with Crippen molar-refractivity contribution in [2.45, 2.75) is 33.1 Å². The summed E-state index contributed by atoms with van der Waals surface area (Å²) in [5.41, 5.74) is 0. The van der Waals surface area contributed by atoms with E-state index in [-0.39, 0.29) is 5.97 Å². The van der Waals surface area contributed by atoms with Gasteiger partial charge < -0.3 is 4.74 Å². The highest BCUT2D eigenvalue weighted by Crippen LogP contribution is 1.94. The maximum atomic E-state index is 10.4. The number of hydrogen-bond acceptors (Lipinski definition) is 2. The summed E-state index contributed by atoms with van der Waals surface area (Å²) >= 11 is 0. The quantitative estimate of drug-likeness (QED) is 0.358. The minimum absolute atomic E-state index is 0.226. The number of unbranched alkanes of at least 4 members (excludes halogenated alkanes) is 1. The normalized spacial score (nSPS) is 11.2. The fourth-order valence-electron chi connectivity index (χ4n) is 0.828. The highest BCUT2D eigenvalue weighted by Gasteiger charge is 1.85. The molecule has 0 heterocycles. The van der Waals surface area contributed by atoms with Crippen molar-refractivity contribution >= 4 is 5.97 Å². The van der Waals surface area contributed by atoms with E-state index in [9.17, 15) is 4.79 Å². The Balaban J connectivity index is 3.22. The molecule has 2 heteroatoms. The first-order chi connectivity index (χ1) is 6.27. The fourth-order valence-corrected chi connectivity index (χ4v) is 0.828. The van der Waals surface area contributed by atoms with Crippen molar-refractivity contribution in [2.75, 3.05) is 6.61 Å². The Hall–Kier alpha value is -1.05.